The Labute approximate surface area is 157 Å². The number of benzene rings is 2. The second-order valence-corrected chi connectivity index (χ2v) is 6.19. The number of halogens is 2. The first-order valence-electron chi connectivity index (χ1n) is 7.66. The van der Waals surface area contributed by atoms with Crippen LogP contribution in [0.5, 0.6) is 5.95 Å². The third-order valence-electron chi connectivity index (χ3n) is 3.36. The normalized spacial score (nSPS) is 10.8. The molecule has 0 aliphatic rings. The molecule has 0 saturated heterocycles. The molecule has 0 unspecified atom stereocenters. The number of nitrogens with zero attached hydrogens (tertiary/aromatic N) is 1. The summed E-state index contributed by atoms with van der Waals surface area (Å²) in [6.07, 6.45) is 1.38. The molecule has 1 amide bonds. The molecule has 0 aliphatic carbocycles. The van der Waals surface area contributed by atoms with E-state index in [1.807, 2.05) is 0 Å². The third kappa shape index (κ3) is 5.03. The van der Waals surface area contributed by atoms with E-state index in [1.165, 1.54) is 18.3 Å². The lowest BCUT2D eigenvalue weighted by Gasteiger charge is -2.02. The fourth-order valence-electron chi connectivity index (χ4n) is 2.04. The van der Waals surface area contributed by atoms with Crippen molar-refractivity contribution in [1.82, 2.24) is 5.43 Å². The molecule has 0 bridgehead atoms. The first-order valence-corrected chi connectivity index (χ1v) is 8.45. The molecule has 3 aromatic rings. The summed E-state index contributed by atoms with van der Waals surface area (Å²) >= 11 is 3.31. The third-order valence-corrected chi connectivity index (χ3v) is 3.89. The van der Waals surface area contributed by atoms with E-state index in [1.54, 1.807) is 48.5 Å². The van der Waals surface area contributed by atoms with Gasteiger partial charge in [0, 0.05) is 16.1 Å². The number of carbonyl (C=O) groups is 1. The minimum Gasteiger partial charge on any atom is -0.460 e. The Bertz CT molecular complexity index is 905. The van der Waals surface area contributed by atoms with Crippen LogP contribution >= 0.6 is 15.9 Å². The van der Waals surface area contributed by atoms with Crippen LogP contribution in [-0.4, -0.2) is 12.1 Å². The standard InChI is InChI=1S/C19H14BrFN2O3/c20-15-5-3-14(4-6-15)19(24)23-22-11-17-9-10-18(26-17)25-12-13-1-7-16(21)8-2-13/h1-11H,12H2,(H,23,24)/b22-11+. The van der Waals surface area contributed by atoms with Crippen LogP contribution in [0.25, 0.3) is 0 Å². The molecule has 1 N–H and O–H groups in total. The van der Waals surface area contributed by atoms with Crippen molar-refractivity contribution in [2.45, 2.75) is 6.61 Å². The monoisotopic (exact) mass is 416 g/mol. The van der Waals surface area contributed by atoms with Gasteiger partial charge in [0.1, 0.15) is 12.4 Å². The Morgan fingerprint density at radius 3 is 2.58 bits per heavy atom. The molecular formula is C19H14BrFN2O3. The summed E-state index contributed by atoms with van der Waals surface area (Å²) < 4.78 is 24.6. The maximum absolute atomic E-state index is 12.8. The van der Waals surface area contributed by atoms with E-state index in [0.717, 1.165) is 10.0 Å². The minimum atomic E-state index is -0.326. The van der Waals surface area contributed by atoms with E-state index in [4.69, 9.17) is 9.15 Å². The average molecular weight is 417 g/mol. The summed E-state index contributed by atoms with van der Waals surface area (Å²) in [6.45, 7) is 0.255. The van der Waals surface area contributed by atoms with Crippen LogP contribution in [0.15, 0.2) is 74.7 Å². The van der Waals surface area contributed by atoms with E-state index < -0.39 is 0 Å². The van der Waals surface area contributed by atoms with E-state index in [-0.39, 0.29) is 18.3 Å². The van der Waals surface area contributed by atoms with Gasteiger partial charge >= 0.3 is 0 Å². The average Bonchev–Trinajstić information content (AvgIpc) is 3.09. The van der Waals surface area contributed by atoms with Gasteiger partial charge in [-0.15, -0.1) is 0 Å². The number of hydrogen-bond acceptors (Lipinski definition) is 4. The van der Waals surface area contributed by atoms with E-state index in [0.29, 0.717) is 17.3 Å². The van der Waals surface area contributed by atoms with Crippen LogP contribution in [-0.2, 0) is 6.61 Å². The zero-order valence-corrected chi connectivity index (χ0v) is 15.1. The Hall–Kier alpha value is -2.93. The Kier molecular flexibility index (Phi) is 5.80. The van der Waals surface area contributed by atoms with Crippen molar-refractivity contribution in [1.29, 1.82) is 0 Å². The van der Waals surface area contributed by atoms with Crippen molar-refractivity contribution in [3.05, 3.63) is 87.8 Å². The Morgan fingerprint density at radius 2 is 1.85 bits per heavy atom. The summed E-state index contributed by atoms with van der Waals surface area (Å²) in [7, 11) is 0. The maximum Gasteiger partial charge on any atom is 0.285 e. The number of hydrazone groups is 1. The highest BCUT2D eigenvalue weighted by molar-refractivity contribution is 9.10. The molecule has 7 heteroatoms. The Balaban J connectivity index is 1.51. The second-order valence-electron chi connectivity index (χ2n) is 5.28. The van der Waals surface area contributed by atoms with E-state index >= 15 is 0 Å². The van der Waals surface area contributed by atoms with Gasteiger partial charge in [0.05, 0.1) is 6.21 Å². The lowest BCUT2D eigenvalue weighted by molar-refractivity contribution is 0.0955. The molecule has 0 aliphatic heterocycles. The van der Waals surface area contributed by atoms with Gasteiger partial charge in [0.15, 0.2) is 5.76 Å². The second kappa shape index (κ2) is 8.44. The van der Waals surface area contributed by atoms with E-state index in [9.17, 15) is 9.18 Å². The molecule has 26 heavy (non-hydrogen) atoms. The van der Waals surface area contributed by atoms with Gasteiger partial charge in [0.25, 0.3) is 11.9 Å². The molecule has 1 aromatic heterocycles. The molecule has 0 radical (unpaired) electrons. The van der Waals surface area contributed by atoms with Crippen molar-refractivity contribution in [2.24, 2.45) is 5.10 Å². The predicted molar refractivity (Wildman–Crippen MR) is 98.6 cm³/mol. The summed E-state index contributed by atoms with van der Waals surface area (Å²) in [5.41, 5.74) is 3.73. The molecule has 0 saturated carbocycles. The lowest BCUT2D eigenvalue weighted by Crippen LogP contribution is -2.17. The van der Waals surface area contributed by atoms with Crippen LogP contribution in [0.4, 0.5) is 4.39 Å². The number of amides is 1. The molecule has 5 nitrogen and oxygen atoms in total. The van der Waals surface area contributed by atoms with Crippen molar-refractivity contribution in [3.63, 3.8) is 0 Å². The van der Waals surface area contributed by atoms with Gasteiger partial charge in [-0.25, -0.2) is 9.82 Å². The quantitative estimate of drug-likeness (QED) is 0.474. The molecule has 132 valence electrons. The van der Waals surface area contributed by atoms with Gasteiger partial charge in [-0.3, -0.25) is 4.79 Å². The SMILES string of the molecule is O=C(N/N=C/c1ccc(OCc2ccc(F)cc2)o1)c1ccc(Br)cc1. The summed E-state index contributed by atoms with van der Waals surface area (Å²) in [6, 6.07) is 16.2. The van der Waals surface area contributed by atoms with Crippen LogP contribution in [0.1, 0.15) is 21.7 Å². The van der Waals surface area contributed by atoms with Gasteiger partial charge in [-0.05, 0) is 48.0 Å². The van der Waals surface area contributed by atoms with Gasteiger partial charge in [-0.1, -0.05) is 28.1 Å². The predicted octanol–water partition coefficient (Wildman–Crippen LogP) is 4.52. The zero-order valence-electron chi connectivity index (χ0n) is 13.5. The largest absolute Gasteiger partial charge is 0.460 e. The Morgan fingerprint density at radius 1 is 1.12 bits per heavy atom. The van der Waals surface area contributed by atoms with Gasteiger partial charge in [-0.2, -0.15) is 5.10 Å². The molecule has 0 fully saturated rings. The number of hydrogen-bond donors (Lipinski definition) is 1. The molecular weight excluding hydrogens is 403 g/mol. The molecule has 2 aromatic carbocycles. The fraction of sp³-hybridized carbons (Fsp3) is 0.0526. The highest BCUT2D eigenvalue weighted by atomic mass is 79.9. The highest BCUT2D eigenvalue weighted by Crippen LogP contribution is 2.16. The van der Waals surface area contributed by atoms with E-state index in [2.05, 4.69) is 26.5 Å². The molecule has 0 atom stereocenters. The number of carbonyl (C=O) groups excluding carboxylic acids is 1. The zero-order chi connectivity index (χ0) is 18.4. The van der Waals surface area contributed by atoms with Crippen LogP contribution in [0.2, 0.25) is 0 Å². The topological polar surface area (TPSA) is 63.8 Å². The van der Waals surface area contributed by atoms with Crippen LogP contribution in [0.3, 0.4) is 0 Å². The number of nitrogens with one attached hydrogen (secondary N) is 1. The first-order chi connectivity index (χ1) is 12.6. The number of rotatable bonds is 6. The van der Waals surface area contributed by atoms with Gasteiger partial charge in [0.2, 0.25) is 0 Å². The fourth-order valence-corrected chi connectivity index (χ4v) is 2.30. The van der Waals surface area contributed by atoms with Crippen LogP contribution in [0, 0.1) is 5.82 Å². The van der Waals surface area contributed by atoms with Crippen LogP contribution < -0.4 is 10.2 Å². The minimum absolute atomic E-state index is 0.255. The van der Waals surface area contributed by atoms with Crippen molar-refractivity contribution < 1.29 is 18.3 Å². The molecule has 1 heterocycles. The summed E-state index contributed by atoms with van der Waals surface area (Å²) in [4.78, 5) is 11.9. The van der Waals surface area contributed by atoms with Crippen molar-refractivity contribution >= 4 is 28.1 Å². The summed E-state index contributed by atoms with van der Waals surface area (Å²) in [5, 5.41) is 3.85. The molecule has 0 spiro atoms. The highest BCUT2D eigenvalue weighted by Gasteiger charge is 2.05. The van der Waals surface area contributed by atoms with Crippen molar-refractivity contribution in [2.75, 3.05) is 0 Å². The number of furan rings is 1. The lowest BCUT2D eigenvalue weighted by atomic mass is 10.2. The van der Waals surface area contributed by atoms with Gasteiger partial charge < -0.3 is 9.15 Å². The first kappa shape index (κ1) is 17.9. The van der Waals surface area contributed by atoms with Crippen molar-refractivity contribution in [3.8, 4) is 5.95 Å². The molecule has 3 rings (SSSR count). The smallest absolute Gasteiger partial charge is 0.285 e. The summed E-state index contributed by atoms with van der Waals surface area (Å²) in [5.74, 6) is 0.105. The maximum atomic E-state index is 12.8. The number of ether oxygens (including phenoxy) is 1.